The molecular formula is C17H17N3O2. The third kappa shape index (κ3) is 2.28. The van der Waals surface area contributed by atoms with Gasteiger partial charge in [-0.1, -0.05) is 12.1 Å². The average molecular weight is 295 g/mol. The number of nitrogens with one attached hydrogen (secondary N) is 1. The van der Waals surface area contributed by atoms with E-state index in [-0.39, 0.29) is 11.8 Å². The van der Waals surface area contributed by atoms with E-state index in [4.69, 9.17) is 4.42 Å². The van der Waals surface area contributed by atoms with Gasteiger partial charge in [0.1, 0.15) is 12.1 Å². The minimum Gasteiger partial charge on any atom is -0.472 e. The Labute approximate surface area is 127 Å². The zero-order valence-corrected chi connectivity index (χ0v) is 12.2. The number of amides is 1. The number of hydrogen-bond donors (Lipinski definition) is 1. The highest BCUT2D eigenvalue weighted by Crippen LogP contribution is 2.27. The molecule has 1 saturated heterocycles. The van der Waals surface area contributed by atoms with Gasteiger partial charge in [-0.05, 0) is 31.0 Å². The summed E-state index contributed by atoms with van der Waals surface area (Å²) in [5.41, 5.74) is 2.65. The van der Waals surface area contributed by atoms with Gasteiger partial charge in [0, 0.05) is 19.0 Å². The lowest BCUT2D eigenvalue weighted by Crippen LogP contribution is -2.39. The maximum atomic E-state index is 12.4. The van der Waals surface area contributed by atoms with Crippen molar-refractivity contribution in [2.24, 2.45) is 0 Å². The van der Waals surface area contributed by atoms with Crippen LogP contribution in [0.1, 0.15) is 34.9 Å². The molecule has 1 aliphatic heterocycles. The molecule has 1 aromatic carbocycles. The fourth-order valence-corrected chi connectivity index (χ4v) is 3.12. The molecule has 4 rings (SSSR count). The highest BCUT2D eigenvalue weighted by Gasteiger charge is 2.27. The Hall–Kier alpha value is -2.56. The van der Waals surface area contributed by atoms with E-state index in [1.54, 1.807) is 6.07 Å². The maximum Gasteiger partial charge on any atom is 0.257 e. The molecule has 5 nitrogen and oxygen atoms in total. The molecule has 0 aliphatic carbocycles. The summed E-state index contributed by atoms with van der Waals surface area (Å²) in [4.78, 5) is 22.4. The highest BCUT2D eigenvalue weighted by atomic mass is 16.3. The van der Waals surface area contributed by atoms with Crippen LogP contribution in [0.5, 0.6) is 0 Å². The van der Waals surface area contributed by atoms with Crippen molar-refractivity contribution in [2.45, 2.75) is 18.8 Å². The zero-order chi connectivity index (χ0) is 14.9. The third-order valence-electron chi connectivity index (χ3n) is 4.27. The van der Waals surface area contributed by atoms with Crippen molar-refractivity contribution in [3.8, 4) is 0 Å². The van der Waals surface area contributed by atoms with Crippen molar-refractivity contribution in [1.82, 2.24) is 14.9 Å². The van der Waals surface area contributed by atoms with E-state index in [1.165, 1.54) is 12.5 Å². The molecule has 0 radical (unpaired) electrons. The van der Waals surface area contributed by atoms with Crippen molar-refractivity contribution in [2.75, 3.05) is 13.1 Å². The molecule has 112 valence electrons. The van der Waals surface area contributed by atoms with Gasteiger partial charge in [-0.2, -0.15) is 0 Å². The van der Waals surface area contributed by atoms with E-state index in [2.05, 4.69) is 9.97 Å². The number of furan rings is 1. The Morgan fingerprint density at radius 2 is 2.23 bits per heavy atom. The molecule has 5 heteroatoms. The van der Waals surface area contributed by atoms with E-state index in [0.717, 1.165) is 36.2 Å². The molecule has 0 saturated carbocycles. The van der Waals surface area contributed by atoms with Crippen LogP contribution in [0.2, 0.25) is 0 Å². The minimum absolute atomic E-state index is 0.0366. The van der Waals surface area contributed by atoms with E-state index in [0.29, 0.717) is 12.1 Å². The Bertz CT molecular complexity index is 758. The molecule has 3 heterocycles. The maximum absolute atomic E-state index is 12.4. The minimum atomic E-state index is 0.0366. The number of aromatic nitrogens is 2. The van der Waals surface area contributed by atoms with Gasteiger partial charge in [-0.15, -0.1) is 0 Å². The number of nitrogens with zero attached hydrogens (tertiary/aromatic N) is 2. The number of rotatable bonds is 2. The quantitative estimate of drug-likeness (QED) is 0.790. The van der Waals surface area contributed by atoms with Crippen LogP contribution in [0, 0.1) is 0 Å². The van der Waals surface area contributed by atoms with Crippen LogP contribution in [0.3, 0.4) is 0 Å². The standard InChI is InChI=1S/C17H17N3O2/c21-17(13-7-9-22-11-13)20-8-3-4-12(10-20)16-18-14-5-1-2-6-15(14)19-16/h1-2,5-7,9,11-12H,3-4,8,10H2,(H,18,19). The smallest absolute Gasteiger partial charge is 0.257 e. The largest absolute Gasteiger partial charge is 0.472 e. The first-order chi connectivity index (χ1) is 10.8. The SMILES string of the molecule is O=C(c1ccoc1)N1CCCC(c2nc3ccccc3[nH]2)C1. The molecule has 1 aliphatic rings. The third-order valence-corrected chi connectivity index (χ3v) is 4.27. The summed E-state index contributed by atoms with van der Waals surface area (Å²) in [6.07, 6.45) is 5.08. The van der Waals surface area contributed by atoms with Crippen LogP contribution in [-0.2, 0) is 0 Å². The molecule has 0 bridgehead atoms. The van der Waals surface area contributed by atoms with E-state index in [9.17, 15) is 4.79 Å². The number of piperidine rings is 1. The number of benzene rings is 1. The molecule has 1 N–H and O–H groups in total. The molecule has 3 aromatic rings. The second kappa shape index (κ2) is 5.33. The van der Waals surface area contributed by atoms with Gasteiger partial charge in [0.15, 0.2) is 0 Å². The van der Waals surface area contributed by atoms with E-state index >= 15 is 0 Å². The number of H-pyrrole nitrogens is 1. The van der Waals surface area contributed by atoms with Gasteiger partial charge in [0.2, 0.25) is 0 Å². The van der Waals surface area contributed by atoms with Gasteiger partial charge in [0.25, 0.3) is 5.91 Å². The molecule has 1 atom stereocenters. The summed E-state index contributed by atoms with van der Waals surface area (Å²) in [5, 5.41) is 0. The Morgan fingerprint density at radius 1 is 1.32 bits per heavy atom. The van der Waals surface area contributed by atoms with Crippen LogP contribution < -0.4 is 0 Å². The summed E-state index contributed by atoms with van der Waals surface area (Å²) < 4.78 is 5.01. The van der Waals surface area contributed by atoms with Crippen molar-refractivity contribution in [1.29, 1.82) is 0 Å². The Balaban J connectivity index is 1.56. The number of hydrogen-bond acceptors (Lipinski definition) is 3. The van der Waals surface area contributed by atoms with E-state index in [1.807, 2.05) is 29.2 Å². The van der Waals surface area contributed by atoms with Crippen molar-refractivity contribution in [3.63, 3.8) is 0 Å². The average Bonchev–Trinajstić information content (AvgIpc) is 3.23. The molecule has 1 amide bonds. The lowest BCUT2D eigenvalue weighted by molar-refractivity contribution is 0.0704. The molecule has 1 unspecified atom stereocenters. The zero-order valence-electron chi connectivity index (χ0n) is 12.2. The van der Waals surface area contributed by atoms with Gasteiger partial charge in [-0.25, -0.2) is 4.98 Å². The topological polar surface area (TPSA) is 62.1 Å². The molecular weight excluding hydrogens is 278 g/mol. The van der Waals surface area contributed by atoms with Gasteiger partial charge in [0.05, 0.1) is 22.9 Å². The van der Waals surface area contributed by atoms with Crippen LogP contribution in [0.4, 0.5) is 0 Å². The molecule has 1 fully saturated rings. The number of carbonyl (C=O) groups excluding carboxylic acids is 1. The van der Waals surface area contributed by atoms with Crippen molar-refractivity contribution >= 4 is 16.9 Å². The van der Waals surface area contributed by atoms with Crippen molar-refractivity contribution < 1.29 is 9.21 Å². The first kappa shape index (κ1) is 13.1. The summed E-state index contributed by atoms with van der Waals surface area (Å²) in [7, 11) is 0. The summed E-state index contributed by atoms with van der Waals surface area (Å²) in [5.74, 6) is 1.28. The monoisotopic (exact) mass is 295 g/mol. The molecule has 22 heavy (non-hydrogen) atoms. The highest BCUT2D eigenvalue weighted by molar-refractivity contribution is 5.93. The van der Waals surface area contributed by atoms with E-state index < -0.39 is 0 Å². The molecule has 0 spiro atoms. The number of para-hydroxylation sites is 2. The normalized spacial score (nSPS) is 18.7. The first-order valence-corrected chi connectivity index (χ1v) is 7.57. The van der Waals surface area contributed by atoms with Crippen LogP contribution >= 0.6 is 0 Å². The lowest BCUT2D eigenvalue weighted by Gasteiger charge is -2.31. The number of aromatic amines is 1. The Kier molecular flexibility index (Phi) is 3.18. The number of fused-ring (bicyclic) bond motifs is 1. The lowest BCUT2D eigenvalue weighted by atomic mass is 9.97. The number of likely N-dealkylation sites (tertiary alicyclic amines) is 1. The number of carbonyl (C=O) groups is 1. The second-order valence-corrected chi connectivity index (χ2v) is 5.74. The van der Waals surface area contributed by atoms with Gasteiger partial charge >= 0.3 is 0 Å². The summed E-state index contributed by atoms with van der Waals surface area (Å²) in [6, 6.07) is 9.74. The fourth-order valence-electron chi connectivity index (χ4n) is 3.12. The summed E-state index contributed by atoms with van der Waals surface area (Å²) >= 11 is 0. The Morgan fingerprint density at radius 3 is 3.05 bits per heavy atom. The second-order valence-electron chi connectivity index (χ2n) is 5.74. The predicted octanol–water partition coefficient (Wildman–Crippen LogP) is 3.18. The van der Waals surface area contributed by atoms with Crippen LogP contribution in [-0.4, -0.2) is 33.9 Å². The summed E-state index contributed by atoms with van der Waals surface area (Å²) in [6.45, 7) is 1.49. The van der Waals surface area contributed by atoms with Gasteiger partial charge < -0.3 is 14.3 Å². The first-order valence-electron chi connectivity index (χ1n) is 7.57. The fraction of sp³-hybridized carbons (Fsp3) is 0.294. The van der Waals surface area contributed by atoms with Crippen molar-refractivity contribution in [3.05, 3.63) is 54.2 Å². The van der Waals surface area contributed by atoms with Crippen LogP contribution in [0.25, 0.3) is 11.0 Å². The molecule has 2 aromatic heterocycles. The number of imidazole rings is 1. The predicted molar refractivity (Wildman–Crippen MR) is 82.7 cm³/mol. The van der Waals surface area contributed by atoms with Crippen LogP contribution in [0.15, 0.2) is 47.3 Å². The van der Waals surface area contributed by atoms with Gasteiger partial charge in [-0.3, -0.25) is 4.79 Å².